The van der Waals surface area contributed by atoms with Gasteiger partial charge in [0, 0.05) is 0 Å². The first-order valence-corrected chi connectivity index (χ1v) is 8.10. The van der Waals surface area contributed by atoms with Gasteiger partial charge >= 0.3 is 0 Å². The minimum atomic E-state index is -3.42. The minimum absolute atomic E-state index is 0.0260. The molecule has 0 saturated heterocycles. The maximum atomic E-state index is 12.5. The van der Waals surface area contributed by atoms with Crippen LogP contribution >= 0.6 is 0 Å². The lowest BCUT2D eigenvalue weighted by molar-refractivity contribution is 0.595. The molecule has 0 bridgehead atoms. The topological polar surface area (TPSA) is 60.2 Å². The second-order valence-electron chi connectivity index (χ2n) is 5.16. The number of sulfone groups is 1. The van der Waals surface area contributed by atoms with Crippen molar-refractivity contribution in [3.05, 3.63) is 58.7 Å². The van der Waals surface area contributed by atoms with Gasteiger partial charge in [-0.2, -0.15) is 0 Å². The Morgan fingerprint density at radius 1 is 0.950 bits per heavy atom. The van der Waals surface area contributed by atoms with Crippen molar-refractivity contribution in [2.24, 2.45) is 0 Å². The summed E-state index contributed by atoms with van der Waals surface area (Å²) in [6.45, 7) is 5.79. The summed E-state index contributed by atoms with van der Waals surface area (Å²) in [5, 5.41) is 0. The van der Waals surface area contributed by atoms with Gasteiger partial charge in [0.25, 0.3) is 0 Å². The normalized spacial score (nSPS) is 11.6. The molecular formula is C16H19NO2S. The zero-order valence-electron chi connectivity index (χ0n) is 12.0. The summed E-state index contributed by atoms with van der Waals surface area (Å²) < 4.78 is 25.0. The number of para-hydroxylation sites is 1. The first-order valence-electron chi connectivity index (χ1n) is 6.45. The summed E-state index contributed by atoms with van der Waals surface area (Å²) in [4.78, 5) is 0.218. The summed E-state index contributed by atoms with van der Waals surface area (Å²) in [6, 6.07) is 10.8. The molecule has 0 spiro atoms. The second-order valence-corrected chi connectivity index (χ2v) is 7.12. The van der Waals surface area contributed by atoms with Gasteiger partial charge in [-0.05, 0) is 49.1 Å². The molecule has 0 radical (unpaired) electrons. The van der Waals surface area contributed by atoms with Crippen LogP contribution in [0.5, 0.6) is 0 Å². The molecule has 0 saturated carbocycles. The van der Waals surface area contributed by atoms with Gasteiger partial charge in [0.05, 0.1) is 16.3 Å². The molecule has 0 amide bonds. The number of nitrogen functional groups attached to an aromatic ring is 1. The number of hydrogen-bond acceptors (Lipinski definition) is 3. The molecule has 0 aromatic heterocycles. The van der Waals surface area contributed by atoms with Crippen LogP contribution < -0.4 is 5.73 Å². The maximum absolute atomic E-state index is 12.5. The number of nitrogens with two attached hydrogens (primary N) is 1. The van der Waals surface area contributed by atoms with E-state index in [1.807, 2.05) is 45.0 Å². The molecule has 2 N–H and O–H groups in total. The highest BCUT2D eigenvalue weighted by Gasteiger charge is 2.19. The Morgan fingerprint density at radius 2 is 1.65 bits per heavy atom. The Balaban J connectivity index is 2.41. The lowest BCUT2D eigenvalue weighted by atomic mass is 10.1. The number of anilines is 1. The molecule has 0 aliphatic heterocycles. The summed E-state index contributed by atoms with van der Waals surface area (Å²) in [6.07, 6.45) is 0. The van der Waals surface area contributed by atoms with E-state index < -0.39 is 9.84 Å². The number of hydrogen-bond donors (Lipinski definition) is 1. The summed E-state index contributed by atoms with van der Waals surface area (Å²) in [5.41, 5.74) is 10.1. The van der Waals surface area contributed by atoms with Crippen molar-refractivity contribution in [3.63, 3.8) is 0 Å². The standard InChI is InChI=1S/C16H19NO2S/c1-11-7-8-14(9-13(11)3)10-20(18,19)15-6-4-5-12(2)16(15)17/h4-9H,10,17H2,1-3H3. The molecule has 4 heteroatoms. The van der Waals surface area contributed by atoms with Crippen molar-refractivity contribution < 1.29 is 8.42 Å². The summed E-state index contributed by atoms with van der Waals surface area (Å²) in [5.74, 6) is -0.0260. The first kappa shape index (κ1) is 14.6. The molecule has 0 aliphatic carbocycles. The van der Waals surface area contributed by atoms with Crippen molar-refractivity contribution in [2.75, 3.05) is 5.73 Å². The van der Waals surface area contributed by atoms with Crippen LogP contribution in [-0.4, -0.2) is 8.42 Å². The Kier molecular flexibility index (Phi) is 3.86. The highest BCUT2D eigenvalue weighted by atomic mass is 32.2. The van der Waals surface area contributed by atoms with E-state index in [4.69, 9.17) is 5.73 Å². The van der Waals surface area contributed by atoms with Crippen LogP contribution in [0.3, 0.4) is 0 Å². The van der Waals surface area contributed by atoms with Crippen molar-refractivity contribution in [3.8, 4) is 0 Å². The van der Waals surface area contributed by atoms with Crippen LogP contribution in [0.4, 0.5) is 5.69 Å². The van der Waals surface area contributed by atoms with E-state index in [1.54, 1.807) is 12.1 Å². The van der Waals surface area contributed by atoms with Crippen LogP contribution in [0.25, 0.3) is 0 Å². The van der Waals surface area contributed by atoms with Gasteiger partial charge in [-0.1, -0.05) is 30.3 Å². The summed E-state index contributed by atoms with van der Waals surface area (Å²) >= 11 is 0. The van der Waals surface area contributed by atoms with Gasteiger partial charge < -0.3 is 5.73 Å². The molecule has 3 nitrogen and oxygen atoms in total. The van der Waals surface area contributed by atoms with Gasteiger partial charge in [-0.3, -0.25) is 0 Å². The van der Waals surface area contributed by atoms with Gasteiger partial charge in [-0.25, -0.2) is 8.42 Å². The molecule has 2 rings (SSSR count). The molecule has 0 atom stereocenters. The van der Waals surface area contributed by atoms with Crippen molar-refractivity contribution >= 4 is 15.5 Å². The van der Waals surface area contributed by atoms with Gasteiger partial charge in [0.2, 0.25) is 0 Å². The average Bonchev–Trinajstić information content (AvgIpc) is 2.36. The van der Waals surface area contributed by atoms with Crippen LogP contribution in [0, 0.1) is 20.8 Å². The molecular weight excluding hydrogens is 270 g/mol. The molecule has 0 aliphatic rings. The highest BCUT2D eigenvalue weighted by Crippen LogP contribution is 2.25. The zero-order chi connectivity index (χ0) is 14.9. The molecule has 0 unspecified atom stereocenters. The lowest BCUT2D eigenvalue weighted by Crippen LogP contribution is -2.09. The molecule has 106 valence electrons. The average molecular weight is 289 g/mol. The van der Waals surface area contributed by atoms with E-state index in [1.165, 1.54) is 0 Å². The molecule has 20 heavy (non-hydrogen) atoms. The largest absolute Gasteiger partial charge is 0.397 e. The molecule has 2 aromatic rings. The Labute approximate surface area is 120 Å². The van der Waals surface area contributed by atoms with Gasteiger partial charge in [0.1, 0.15) is 0 Å². The van der Waals surface area contributed by atoms with E-state index in [2.05, 4.69) is 0 Å². The quantitative estimate of drug-likeness (QED) is 0.883. The fourth-order valence-electron chi connectivity index (χ4n) is 2.12. The summed E-state index contributed by atoms with van der Waals surface area (Å²) in [7, 11) is -3.42. The fraction of sp³-hybridized carbons (Fsp3) is 0.250. The van der Waals surface area contributed by atoms with E-state index in [0.29, 0.717) is 5.69 Å². The van der Waals surface area contributed by atoms with Crippen LogP contribution in [0.15, 0.2) is 41.3 Å². The Bertz CT molecular complexity index is 749. The number of aryl methyl sites for hydroxylation is 3. The lowest BCUT2D eigenvalue weighted by Gasteiger charge is -2.10. The second kappa shape index (κ2) is 5.29. The molecule has 2 aromatic carbocycles. The maximum Gasteiger partial charge on any atom is 0.184 e. The fourth-order valence-corrected chi connectivity index (χ4v) is 3.67. The van der Waals surface area contributed by atoms with Gasteiger partial charge in [-0.15, -0.1) is 0 Å². The van der Waals surface area contributed by atoms with E-state index in [-0.39, 0.29) is 10.6 Å². The van der Waals surface area contributed by atoms with E-state index >= 15 is 0 Å². The van der Waals surface area contributed by atoms with Crippen molar-refractivity contribution in [2.45, 2.75) is 31.4 Å². The number of rotatable bonds is 3. The third-order valence-electron chi connectivity index (χ3n) is 3.55. The van der Waals surface area contributed by atoms with Crippen LogP contribution in [-0.2, 0) is 15.6 Å². The molecule has 0 fully saturated rings. The Hall–Kier alpha value is -1.81. The van der Waals surface area contributed by atoms with Crippen molar-refractivity contribution in [1.29, 1.82) is 0 Å². The zero-order valence-corrected chi connectivity index (χ0v) is 12.8. The smallest absolute Gasteiger partial charge is 0.184 e. The highest BCUT2D eigenvalue weighted by molar-refractivity contribution is 7.90. The number of benzene rings is 2. The SMILES string of the molecule is Cc1ccc(CS(=O)(=O)c2cccc(C)c2N)cc1C. The third kappa shape index (κ3) is 2.85. The predicted octanol–water partition coefficient (Wildman–Crippen LogP) is 3.17. The third-order valence-corrected chi connectivity index (χ3v) is 5.29. The first-order chi connectivity index (χ1) is 9.31. The van der Waals surface area contributed by atoms with Crippen LogP contribution in [0.2, 0.25) is 0 Å². The monoisotopic (exact) mass is 289 g/mol. The predicted molar refractivity (Wildman–Crippen MR) is 82.4 cm³/mol. The Morgan fingerprint density at radius 3 is 2.30 bits per heavy atom. The van der Waals surface area contributed by atoms with E-state index in [0.717, 1.165) is 22.3 Å². The van der Waals surface area contributed by atoms with Crippen LogP contribution in [0.1, 0.15) is 22.3 Å². The minimum Gasteiger partial charge on any atom is -0.397 e. The molecule has 0 heterocycles. The van der Waals surface area contributed by atoms with Gasteiger partial charge in [0.15, 0.2) is 9.84 Å². The van der Waals surface area contributed by atoms with E-state index in [9.17, 15) is 8.42 Å². The van der Waals surface area contributed by atoms with Crippen molar-refractivity contribution in [1.82, 2.24) is 0 Å².